The number of hydrogen-bond acceptors (Lipinski definition) is 4. The van der Waals surface area contributed by atoms with Crippen molar-refractivity contribution in [3.05, 3.63) is 59.2 Å². The van der Waals surface area contributed by atoms with Crippen molar-refractivity contribution in [2.75, 3.05) is 11.9 Å². The number of phenolic OH excluding ortho intramolecular Hbond substituents is 1. The lowest BCUT2D eigenvalue weighted by atomic mass is 9.96. The van der Waals surface area contributed by atoms with Crippen LogP contribution in [0.2, 0.25) is 0 Å². The van der Waals surface area contributed by atoms with Crippen molar-refractivity contribution in [1.82, 2.24) is 0 Å². The van der Waals surface area contributed by atoms with Crippen molar-refractivity contribution in [1.29, 1.82) is 0 Å². The molecule has 1 unspecified atom stereocenters. The monoisotopic (exact) mass is 369 g/mol. The average Bonchev–Trinajstić information content (AvgIpc) is 2.63. The number of carbonyl (C=O) groups is 2. The zero-order valence-electron chi connectivity index (χ0n) is 16.3. The maximum absolute atomic E-state index is 12.6. The van der Waals surface area contributed by atoms with Crippen molar-refractivity contribution in [3.63, 3.8) is 0 Å². The quantitative estimate of drug-likeness (QED) is 0.556. The Kier molecular flexibility index (Phi) is 6.99. The molecule has 0 heterocycles. The van der Waals surface area contributed by atoms with E-state index in [0.29, 0.717) is 11.6 Å². The van der Waals surface area contributed by atoms with Crippen LogP contribution >= 0.6 is 0 Å². The van der Waals surface area contributed by atoms with Gasteiger partial charge in [0, 0.05) is 5.69 Å². The van der Waals surface area contributed by atoms with Gasteiger partial charge in [-0.1, -0.05) is 38.1 Å². The molecule has 144 valence electrons. The number of benzene rings is 2. The van der Waals surface area contributed by atoms with Crippen molar-refractivity contribution in [2.24, 2.45) is 5.92 Å². The molecule has 27 heavy (non-hydrogen) atoms. The Morgan fingerprint density at radius 2 is 1.74 bits per heavy atom. The van der Waals surface area contributed by atoms with E-state index in [1.54, 1.807) is 13.0 Å². The topological polar surface area (TPSA) is 75.6 Å². The van der Waals surface area contributed by atoms with Gasteiger partial charge in [0.15, 0.2) is 0 Å². The molecule has 0 aromatic heterocycles. The first kappa shape index (κ1) is 20.5. The first-order valence-corrected chi connectivity index (χ1v) is 9.21. The highest BCUT2D eigenvalue weighted by Gasteiger charge is 2.18. The third-order valence-electron chi connectivity index (χ3n) is 4.28. The van der Waals surface area contributed by atoms with E-state index in [1.807, 2.05) is 19.1 Å². The maximum Gasteiger partial charge on any atom is 0.341 e. The lowest BCUT2D eigenvalue weighted by Gasteiger charge is -2.14. The minimum absolute atomic E-state index is 0.0281. The van der Waals surface area contributed by atoms with Crippen molar-refractivity contribution in [3.8, 4) is 5.75 Å². The first-order chi connectivity index (χ1) is 12.8. The SMILES string of the molecule is CCOC(=O)c1cc(NC(=O)C(C)c2ccc(CC(C)C)cc2)ccc1O. The Hall–Kier alpha value is -2.82. The Labute approximate surface area is 160 Å². The third kappa shape index (κ3) is 5.58. The fourth-order valence-corrected chi connectivity index (χ4v) is 2.80. The summed E-state index contributed by atoms with van der Waals surface area (Å²) in [6, 6.07) is 12.4. The molecule has 5 heteroatoms. The standard InChI is InChI=1S/C22H27NO4/c1-5-27-22(26)19-13-18(10-11-20(19)24)23-21(25)15(4)17-8-6-16(7-9-17)12-14(2)3/h6-11,13-15,24H,5,12H2,1-4H3,(H,23,25). The van der Waals surface area contributed by atoms with Gasteiger partial charge in [0.2, 0.25) is 5.91 Å². The molecular weight excluding hydrogens is 342 g/mol. The molecule has 2 N–H and O–H groups in total. The summed E-state index contributed by atoms with van der Waals surface area (Å²) < 4.78 is 4.91. The number of rotatable bonds is 7. The highest BCUT2D eigenvalue weighted by molar-refractivity contribution is 5.98. The van der Waals surface area contributed by atoms with E-state index >= 15 is 0 Å². The van der Waals surface area contributed by atoms with E-state index in [1.165, 1.54) is 17.7 Å². The smallest absolute Gasteiger partial charge is 0.341 e. The molecule has 0 saturated carbocycles. The summed E-state index contributed by atoms with van der Waals surface area (Å²) in [6.45, 7) is 8.07. The highest BCUT2D eigenvalue weighted by atomic mass is 16.5. The van der Waals surface area contributed by atoms with Gasteiger partial charge in [0.25, 0.3) is 0 Å². The van der Waals surface area contributed by atoms with Crippen LogP contribution < -0.4 is 5.32 Å². The molecule has 0 aliphatic heterocycles. The Bertz CT molecular complexity index is 796. The highest BCUT2D eigenvalue weighted by Crippen LogP contribution is 2.24. The maximum atomic E-state index is 12.6. The van der Waals surface area contributed by atoms with E-state index in [-0.39, 0.29) is 29.7 Å². The number of phenols is 1. The number of ether oxygens (including phenoxy) is 1. The molecule has 0 bridgehead atoms. The van der Waals surface area contributed by atoms with Crippen LogP contribution in [0.25, 0.3) is 0 Å². The molecule has 0 spiro atoms. The first-order valence-electron chi connectivity index (χ1n) is 9.21. The largest absolute Gasteiger partial charge is 0.507 e. The number of anilines is 1. The third-order valence-corrected chi connectivity index (χ3v) is 4.28. The van der Waals surface area contributed by atoms with Gasteiger partial charge in [-0.25, -0.2) is 4.79 Å². The molecule has 2 rings (SSSR count). The van der Waals surface area contributed by atoms with Crippen molar-refractivity contribution < 1.29 is 19.4 Å². The minimum Gasteiger partial charge on any atom is -0.507 e. The fraction of sp³-hybridized carbons (Fsp3) is 0.364. The van der Waals surface area contributed by atoms with Crippen LogP contribution in [0.3, 0.4) is 0 Å². The second-order valence-electron chi connectivity index (χ2n) is 7.00. The number of hydrogen-bond donors (Lipinski definition) is 2. The Balaban J connectivity index is 2.10. The summed E-state index contributed by atoms with van der Waals surface area (Å²) in [5.74, 6) is -0.759. The summed E-state index contributed by atoms with van der Waals surface area (Å²) in [5, 5.41) is 12.6. The summed E-state index contributed by atoms with van der Waals surface area (Å²) in [7, 11) is 0. The zero-order chi connectivity index (χ0) is 20.0. The van der Waals surface area contributed by atoms with Crippen LogP contribution in [-0.4, -0.2) is 23.6 Å². The predicted molar refractivity (Wildman–Crippen MR) is 106 cm³/mol. The molecule has 2 aromatic rings. The van der Waals surface area contributed by atoms with Gasteiger partial charge in [0.05, 0.1) is 12.5 Å². The van der Waals surface area contributed by atoms with Gasteiger partial charge >= 0.3 is 5.97 Å². The fourth-order valence-electron chi connectivity index (χ4n) is 2.80. The van der Waals surface area contributed by atoms with Gasteiger partial charge in [-0.05, 0) is 55.5 Å². The molecule has 0 aliphatic rings. The van der Waals surface area contributed by atoms with Crippen LogP contribution in [-0.2, 0) is 16.0 Å². The Morgan fingerprint density at radius 3 is 2.33 bits per heavy atom. The molecule has 5 nitrogen and oxygen atoms in total. The normalized spacial score (nSPS) is 11.9. The van der Waals surface area contributed by atoms with E-state index in [0.717, 1.165) is 12.0 Å². The molecule has 0 saturated heterocycles. The van der Waals surface area contributed by atoms with E-state index < -0.39 is 5.97 Å². The molecule has 0 radical (unpaired) electrons. The van der Waals surface area contributed by atoms with Crippen LogP contribution in [0.4, 0.5) is 5.69 Å². The second kappa shape index (κ2) is 9.21. The number of carbonyl (C=O) groups excluding carboxylic acids is 2. The van der Waals surface area contributed by atoms with E-state index in [9.17, 15) is 14.7 Å². The molecule has 0 fully saturated rings. The number of amides is 1. The molecule has 1 atom stereocenters. The molecule has 0 aliphatic carbocycles. The van der Waals surface area contributed by atoms with Crippen LogP contribution in [0.1, 0.15) is 55.1 Å². The molecule has 2 aromatic carbocycles. The van der Waals surface area contributed by atoms with Gasteiger partial charge in [-0.3, -0.25) is 4.79 Å². The van der Waals surface area contributed by atoms with Crippen molar-refractivity contribution in [2.45, 2.75) is 40.0 Å². The van der Waals surface area contributed by atoms with Crippen LogP contribution in [0.15, 0.2) is 42.5 Å². The summed E-state index contributed by atoms with van der Waals surface area (Å²) in [4.78, 5) is 24.4. The average molecular weight is 369 g/mol. The predicted octanol–water partition coefficient (Wildman–Crippen LogP) is 4.51. The second-order valence-corrected chi connectivity index (χ2v) is 7.00. The minimum atomic E-state index is -0.625. The Morgan fingerprint density at radius 1 is 1.07 bits per heavy atom. The summed E-state index contributed by atoms with van der Waals surface area (Å²) >= 11 is 0. The summed E-state index contributed by atoms with van der Waals surface area (Å²) in [5.41, 5.74) is 2.63. The number of nitrogens with one attached hydrogen (secondary N) is 1. The van der Waals surface area contributed by atoms with Crippen LogP contribution in [0, 0.1) is 5.92 Å². The van der Waals surface area contributed by atoms with E-state index in [4.69, 9.17) is 4.74 Å². The van der Waals surface area contributed by atoms with Crippen molar-refractivity contribution >= 4 is 17.6 Å². The van der Waals surface area contributed by atoms with Gasteiger partial charge in [-0.15, -0.1) is 0 Å². The molecular formula is C22H27NO4. The van der Waals surface area contributed by atoms with Gasteiger partial charge in [-0.2, -0.15) is 0 Å². The number of esters is 1. The lowest BCUT2D eigenvalue weighted by Crippen LogP contribution is -2.19. The number of aromatic hydroxyl groups is 1. The molecule has 1 amide bonds. The lowest BCUT2D eigenvalue weighted by molar-refractivity contribution is -0.117. The van der Waals surface area contributed by atoms with Gasteiger partial charge in [0.1, 0.15) is 11.3 Å². The van der Waals surface area contributed by atoms with E-state index in [2.05, 4.69) is 31.3 Å². The van der Waals surface area contributed by atoms with Gasteiger partial charge < -0.3 is 15.2 Å². The summed E-state index contributed by atoms with van der Waals surface area (Å²) in [6.07, 6.45) is 1.00. The zero-order valence-corrected chi connectivity index (χ0v) is 16.3. The van der Waals surface area contributed by atoms with Crippen LogP contribution in [0.5, 0.6) is 5.75 Å².